The number of nitrogens with one attached hydrogen (secondary N) is 1. The van der Waals surface area contributed by atoms with Crippen LogP contribution in [0.2, 0.25) is 0 Å². The molecule has 0 aliphatic rings. The third-order valence-corrected chi connectivity index (χ3v) is 5.12. The quantitative estimate of drug-likeness (QED) is 0.578. The van der Waals surface area contributed by atoms with Crippen molar-refractivity contribution in [2.75, 3.05) is 24.3 Å². The minimum absolute atomic E-state index is 0.0575. The number of hydrogen-bond donors (Lipinski definition) is 2. The molecular weight excluding hydrogens is 294 g/mol. The monoisotopic (exact) mass is 315 g/mol. The molecule has 0 fully saturated rings. The van der Waals surface area contributed by atoms with Crippen molar-refractivity contribution in [3.05, 3.63) is 0 Å². The molecule has 0 radical (unpaired) electrons. The van der Waals surface area contributed by atoms with Gasteiger partial charge < -0.3 is 5.11 Å². The van der Waals surface area contributed by atoms with Crippen molar-refractivity contribution >= 4 is 25.8 Å². The van der Waals surface area contributed by atoms with Gasteiger partial charge in [0.2, 0.25) is 10.0 Å². The van der Waals surface area contributed by atoms with E-state index in [9.17, 15) is 21.6 Å². The van der Waals surface area contributed by atoms with E-state index in [4.69, 9.17) is 5.11 Å². The van der Waals surface area contributed by atoms with Gasteiger partial charge in [0.25, 0.3) is 0 Å². The van der Waals surface area contributed by atoms with Crippen LogP contribution in [0.15, 0.2) is 0 Å². The molecule has 1 unspecified atom stereocenters. The van der Waals surface area contributed by atoms with Crippen LogP contribution < -0.4 is 4.72 Å². The number of rotatable bonds is 10. The van der Waals surface area contributed by atoms with E-state index < -0.39 is 37.3 Å². The van der Waals surface area contributed by atoms with Gasteiger partial charge in [0.05, 0.1) is 11.5 Å². The van der Waals surface area contributed by atoms with Crippen molar-refractivity contribution in [3.8, 4) is 0 Å². The maximum atomic E-state index is 11.5. The number of carbonyl (C=O) groups is 1. The zero-order valence-electron chi connectivity index (χ0n) is 11.1. The number of hydrogen-bond acceptors (Lipinski definition) is 5. The minimum atomic E-state index is -3.59. The molecule has 0 aromatic rings. The van der Waals surface area contributed by atoms with E-state index in [1.807, 2.05) is 6.92 Å². The Morgan fingerprint density at radius 2 is 1.74 bits per heavy atom. The van der Waals surface area contributed by atoms with Crippen LogP contribution in [-0.4, -0.2) is 52.2 Å². The van der Waals surface area contributed by atoms with Gasteiger partial charge in [0.15, 0.2) is 0 Å². The third-order valence-electron chi connectivity index (χ3n) is 2.53. The van der Waals surface area contributed by atoms with Crippen LogP contribution in [0.3, 0.4) is 0 Å². The highest BCUT2D eigenvalue weighted by Crippen LogP contribution is 2.09. The van der Waals surface area contributed by atoms with Crippen LogP contribution in [0.25, 0.3) is 0 Å². The standard InChI is InChI=1S/C10H21NO6S2/c1-9(3-4-10(12)13)5-6-11-19(16,17)8-7-18(2,14)15/h9,11H,3-8H2,1-2H3,(H,12,13). The summed E-state index contributed by atoms with van der Waals surface area (Å²) in [6.45, 7) is 2.03. The summed E-state index contributed by atoms with van der Waals surface area (Å²) in [5.74, 6) is -1.64. The molecule has 0 aliphatic heterocycles. The normalized spacial score (nSPS) is 14.2. The van der Waals surface area contributed by atoms with Gasteiger partial charge in [-0.1, -0.05) is 6.92 Å². The predicted octanol–water partition coefficient (Wildman–Crippen LogP) is -0.159. The highest BCUT2D eigenvalue weighted by atomic mass is 32.2. The van der Waals surface area contributed by atoms with Crippen LogP contribution in [0, 0.1) is 5.92 Å². The van der Waals surface area contributed by atoms with E-state index in [2.05, 4.69) is 4.72 Å². The summed E-state index contributed by atoms with van der Waals surface area (Å²) in [4.78, 5) is 10.3. The van der Waals surface area contributed by atoms with Gasteiger partial charge in [-0.25, -0.2) is 21.6 Å². The largest absolute Gasteiger partial charge is 0.481 e. The predicted molar refractivity (Wildman–Crippen MR) is 72.2 cm³/mol. The molecule has 9 heteroatoms. The first-order chi connectivity index (χ1) is 8.52. The van der Waals surface area contributed by atoms with Crippen LogP contribution in [0.5, 0.6) is 0 Å². The molecule has 19 heavy (non-hydrogen) atoms. The highest BCUT2D eigenvalue weighted by molar-refractivity contribution is 7.93. The summed E-state index contributed by atoms with van der Waals surface area (Å²) in [5, 5.41) is 8.49. The molecule has 1 atom stereocenters. The molecule has 2 N–H and O–H groups in total. The fraction of sp³-hybridized carbons (Fsp3) is 0.900. The lowest BCUT2D eigenvalue weighted by atomic mass is 10.0. The Labute approximate surface area is 114 Å². The first-order valence-electron chi connectivity index (χ1n) is 5.89. The maximum absolute atomic E-state index is 11.5. The molecule has 7 nitrogen and oxygen atoms in total. The van der Waals surface area contributed by atoms with Crippen LogP contribution in [0.1, 0.15) is 26.2 Å². The first kappa shape index (κ1) is 18.3. The number of aliphatic carboxylic acids is 1. The van der Waals surface area contributed by atoms with Crippen LogP contribution >= 0.6 is 0 Å². The van der Waals surface area contributed by atoms with Gasteiger partial charge in [-0.3, -0.25) is 4.79 Å². The van der Waals surface area contributed by atoms with E-state index in [-0.39, 0.29) is 18.9 Å². The molecule has 0 rings (SSSR count). The lowest BCUT2D eigenvalue weighted by Crippen LogP contribution is -2.31. The third kappa shape index (κ3) is 12.1. The van der Waals surface area contributed by atoms with Crippen LogP contribution in [-0.2, 0) is 24.7 Å². The Kier molecular flexibility index (Phi) is 7.53. The van der Waals surface area contributed by atoms with E-state index in [0.29, 0.717) is 12.8 Å². The van der Waals surface area contributed by atoms with Gasteiger partial charge in [-0.15, -0.1) is 0 Å². The van der Waals surface area contributed by atoms with Crippen molar-refractivity contribution in [2.45, 2.75) is 26.2 Å². The molecule has 0 bridgehead atoms. The molecule has 0 heterocycles. The van der Waals surface area contributed by atoms with E-state index >= 15 is 0 Å². The fourth-order valence-corrected chi connectivity index (χ4v) is 3.97. The molecule has 114 valence electrons. The van der Waals surface area contributed by atoms with E-state index in [1.54, 1.807) is 0 Å². The highest BCUT2D eigenvalue weighted by Gasteiger charge is 2.14. The lowest BCUT2D eigenvalue weighted by molar-refractivity contribution is -0.137. The van der Waals surface area contributed by atoms with Gasteiger partial charge in [-0.05, 0) is 18.8 Å². The van der Waals surface area contributed by atoms with Crippen molar-refractivity contribution in [1.29, 1.82) is 0 Å². The van der Waals surface area contributed by atoms with Gasteiger partial charge >= 0.3 is 5.97 Å². The van der Waals surface area contributed by atoms with Gasteiger partial charge in [0, 0.05) is 19.2 Å². The second-order valence-corrected chi connectivity index (χ2v) is 8.86. The Morgan fingerprint density at radius 3 is 2.21 bits per heavy atom. The smallest absolute Gasteiger partial charge is 0.303 e. The number of sulfonamides is 1. The summed E-state index contributed by atoms with van der Waals surface area (Å²) in [6.07, 6.45) is 2.05. The summed E-state index contributed by atoms with van der Waals surface area (Å²) >= 11 is 0. The van der Waals surface area contributed by atoms with E-state index in [1.165, 1.54) is 0 Å². The van der Waals surface area contributed by atoms with Crippen molar-refractivity contribution in [1.82, 2.24) is 4.72 Å². The second-order valence-electron chi connectivity index (χ2n) is 4.67. The first-order valence-corrected chi connectivity index (χ1v) is 9.60. The van der Waals surface area contributed by atoms with Crippen molar-refractivity contribution < 1.29 is 26.7 Å². The topological polar surface area (TPSA) is 118 Å². The summed E-state index contributed by atoms with van der Waals surface area (Å²) in [7, 11) is -6.89. The Morgan fingerprint density at radius 1 is 1.16 bits per heavy atom. The zero-order valence-corrected chi connectivity index (χ0v) is 12.8. The maximum Gasteiger partial charge on any atom is 0.303 e. The molecule has 0 saturated heterocycles. The molecule has 0 spiro atoms. The Hall–Kier alpha value is -0.670. The average molecular weight is 315 g/mol. The Bertz CT molecular complexity index is 482. The summed E-state index contributed by atoms with van der Waals surface area (Å²) in [5.41, 5.74) is 0. The average Bonchev–Trinajstić information content (AvgIpc) is 2.23. The lowest BCUT2D eigenvalue weighted by Gasteiger charge is -2.11. The minimum Gasteiger partial charge on any atom is -0.481 e. The molecule has 0 amide bonds. The molecule has 0 aromatic heterocycles. The van der Waals surface area contributed by atoms with Crippen LogP contribution in [0.4, 0.5) is 0 Å². The number of carboxylic acid groups (broad SMARTS) is 1. The molecular formula is C10H21NO6S2. The SMILES string of the molecule is CC(CCNS(=O)(=O)CCS(C)(=O)=O)CCC(=O)O. The second kappa shape index (κ2) is 7.81. The Balaban J connectivity index is 3.95. The number of carboxylic acids is 1. The molecule has 0 aliphatic carbocycles. The molecule has 0 aromatic carbocycles. The van der Waals surface area contributed by atoms with Gasteiger partial charge in [0.1, 0.15) is 9.84 Å². The number of sulfone groups is 1. The van der Waals surface area contributed by atoms with Crippen molar-refractivity contribution in [2.24, 2.45) is 5.92 Å². The summed E-state index contributed by atoms with van der Waals surface area (Å²) < 4.78 is 46.9. The van der Waals surface area contributed by atoms with Gasteiger partial charge in [-0.2, -0.15) is 0 Å². The van der Waals surface area contributed by atoms with E-state index in [0.717, 1.165) is 6.26 Å². The molecule has 0 saturated carbocycles. The van der Waals surface area contributed by atoms with Crippen molar-refractivity contribution in [3.63, 3.8) is 0 Å². The summed E-state index contributed by atoms with van der Waals surface area (Å²) in [6, 6.07) is 0. The fourth-order valence-electron chi connectivity index (χ4n) is 1.31. The zero-order chi connectivity index (χ0) is 15.1.